The second-order valence-corrected chi connectivity index (χ2v) is 7.04. The van der Waals surface area contributed by atoms with Crippen molar-refractivity contribution in [2.45, 2.75) is 69.2 Å². The molecule has 0 heterocycles. The molecule has 0 aromatic rings. The fourth-order valence-corrected chi connectivity index (χ4v) is 2.81. The van der Waals surface area contributed by atoms with Gasteiger partial charge in [-0.1, -0.05) is 69.2 Å². The summed E-state index contributed by atoms with van der Waals surface area (Å²) in [5, 5.41) is 0. The Kier molecular flexibility index (Phi) is 16.4. The van der Waals surface area contributed by atoms with Crippen LogP contribution < -0.4 is 0 Å². The van der Waals surface area contributed by atoms with Crippen molar-refractivity contribution < 1.29 is 24.1 Å². The van der Waals surface area contributed by atoms with E-state index in [1.54, 1.807) is 6.08 Å². The van der Waals surface area contributed by atoms with Gasteiger partial charge in [-0.2, -0.15) is 5.75 Å². The van der Waals surface area contributed by atoms with Gasteiger partial charge in [0.05, 0.1) is 0 Å². The molecule has 144 valence electrons. The van der Waals surface area contributed by atoms with Crippen molar-refractivity contribution in [3.05, 3.63) is 71.8 Å². The van der Waals surface area contributed by atoms with Crippen molar-refractivity contribution >= 4 is 12.6 Å². The molecule has 0 spiro atoms. The van der Waals surface area contributed by atoms with Crippen LogP contribution in [-0.4, -0.2) is 5.75 Å². The molecular formula is C23H35FSTi. The summed E-state index contributed by atoms with van der Waals surface area (Å²) < 4.78 is 9.50. The standard InChI is InChI=1S/2C10H15.C3H6S.FH.Ti/c2*1-6-7(2)9(4)10(5)8(6)3;1-2-3-4;;/h2*1-5H3;2,4H,1,3H2;1H;/q;;;;+2/p-2. The van der Waals surface area contributed by atoms with Gasteiger partial charge in [0.2, 0.25) is 0 Å². The Hall–Kier alpha value is 0.734. The Morgan fingerprint density at radius 2 is 0.654 bits per heavy atom. The van der Waals surface area contributed by atoms with Crippen molar-refractivity contribution in [1.82, 2.24) is 0 Å². The van der Waals surface area contributed by atoms with Gasteiger partial charge in [-0.25, -0.2) is 0 Å². The summed E-state index contributed by atoms with van der Waals surface area (Å²) in [5.41, 5.74) is 0. The molecule has 0 aromatic heterocycles. The van der Waals surface area contributed by atoms with E-state index >= 15 is 0 Å². The first-order valence-corrected chi connectivity index (χ1v) is 9.96. The Balaban J connectivity index is 0. The van der Waals surface area contributed by atoms with Crippen LogP contribution in [0.1, 0.15) is 69.2 Å². The summed E-state index contributed by atoms with van der Waals surface area (Å²) >= 11 is 4.94. The van der Waals surface area contributed by atoms with E-state index in [0.717, 1.165) is 0 Å². The molecule has 0 unspecified atom stereocenters. The van der Waals surface area contributed by atoms with Crippen molar-refractivity contribution in [3.63, 3.8) is 0 Å². The minimum absolute atomic E-state index is 0.500. The zero-order valence-electron chi connectivity index (χ0n) is 18.3. The van der Waals surface area contributed by atoms with Crippen LogP contribution in [0.25, 0.3) is 0 Å². The van der Waals surface area contributed by atoms with Crippen molar-refractivity contribution in [3.8, 4) is 0 Å². The summed E-state index contributed by atoms with van der Waals surface area (Å²) in [4.78, 5) is 0. The fraction of sp³-hybridized carbons (Fsp3) is 0.478. The molecule has 2 fully saturated rings. The molecule has 0 saturated heterocycles. The van der Waals surface area contributed by atoms with E-state index in [9.17, 15) is 3.09 Å². The van der Waals surface area contributed by atoms with Gasteiger partial charge in [0.25, 0.3) is 0 Å². The van der Waals surface area contributed by atoms with E-state index < -0.39 is 0 Å². The van der Waals surface area contributed by atoms with Gasteiger partial charge in [-0.3, -0.25) is 0 Å². The zero-order valence-corrected chi connectivity index (χ0v) is 20.7. The van der Waals surface area contributed by atoms with Crippen LogP contribution in [0.5, 0.6) is 0 Å². The van der Waals surface area contributed by atoms with Gasteiger partial charge in [-0.05, 0) is 59.2 Å². The van der Waals surface area contributed by atoms with Gasteiger partial charge in [-0.15, -0.1) is 12.7 Å². The van der Waals surface area contributed by atoms with E-state index in [1.807, 2.05) is 0 Å². The SMILES string of the molecule is C=CC[S-].C[C]1[C](C)[C](C)[C](C)[C]1C.C[C]1[C](C)[C](C)[C](C)[C]1C.[F][Ti+]. The van der Waals surface area contributed by atoms with E-state index in [4.69, 9.17) is 0 Å². The second kappa shape index (κ2) is 14.7. The van der Waals surface area contributed by atoms with Crippen LogP contribution >= 0.6 is 0 Å². The average Bonchev–Trinajstić information content (AvgIpc) is 2.94. The monoisotopic (exact) mass is 410 g/mol. The third-order valence-corrected chi connectivity index (χ3v) is 5.98. The predicted molar refractivity (Wildman–Crippen MR) is 113 cm³/mol. The maximum absolute atomic E-state index is 9.50. The Bertz CT molecular complexity index is 242. The average molecular weight is 410 g/mol. The van der Waals surface area contributed by atoms with Gasteiger partial charge in [0, 0.05) is 0 Å². The molecule has 3 heteroatoms. The van der Waals surface area contributed by atoms with Crippen LogP contribution in [-0.2, 0) is 33.6 Å². The predicted octanol–water partition coefficient (Wildman–Crippen LogP) is 7.08. The Labute approximate surface area is 183 Å². The number of hydrogen-bond donors (Lipinski definition) is 0. The fourth-order valence-electron chi connectivity index (χ4n) is 2.81. The molecule has 0 amide bonds. The maximum atomic E-state index is 9.50. The van der Waals surface area contributed by atoms with Crippen LogP contribution in [0.3, 0.4) is 0 Å². The molecule has 2 rings (SSSR count). The summed E-state index contributed by atoms with van der Waals surface area (Å²) in [6, 6.07) is 0. The van der Waals surface area contributed by atoms with Crippen LogP contribution in [0, 0.1) is 59.2 Å². The minimum atomic E-state index is 0.500. The second-order valence-electron chi connectivity index (χ2n) is 6.71. The number of hydrogen-bond acceptors (Lipinski definition) is 1. The van der Waals surface area contributed by atoms with Gasteiger partial charge < -0.3 is 12.6 Å². The van der Waals surface area contributed by atoms with E-state index in [1.165, 1.54) is 59.2 Å². The molecule has 0 atom stereocenters. The third kappa shape index (κ3) is 8.00. The molecule has 26 heavy (non-hydrogen) atoms. The van der Waals surface area contributed by atoms with E-state index in [-0.39, 0.29) is 0 Å². The summed E-state index contributed by atoms with van der Waals surface area (Å²) in [7, 11) is 0. The molecule has 0 nitrogen and oxygen atoms in total. The molecule has 0 aromatic carbocycles. The van der Waals surface area contributed by atoms with Gasteiger partial charge >= 0.3 is 24.1 Å². The van der Waals surface area contributed by atoms with E-state index in [0.29, 0.717) is 26.7 Å². The van der Waals surface area contributed by atoms with Crippen molar-refractivity contribution in [2.75, 3.05) is 5.75 Å². The van der Waals surface area contributed by atoms with Crippen molar-refractivity contribution in [2.24, 2.45) is 0 Å². The summed E-state index contributed by atoms with van der Waals surface area (Å²) in [6.45, 7) is 25.4. The first-order chi connectivity index (χ1) is 12.0. The zero-order chi connectivity index (χ0) is 21.2. The first-order valence-electron chi connectivity index (χ1n) is 8.79. The first kappa shape index (κ1) is 28.9. The normalized spacial score (nSPS) is 23.0. The molecular weight excluding hydrogens is 375 g/mol. The quantitative estimate of drug-likeness (QED) is 0.253. The molecule has 2 aliphatic rings. The molecule has 10 radical (unpaired) electrons. The molecule has 0 aliphatic heterocycles. The van der Waals surface area contributed by atoms with Crippen molar-refractivity contribution in [1.29, 1.82) is 0 Å². The molecule has 0 N–H and O–H groups in total. The van der Waals surface area contributed by atoms with Gasteiger partial charge in [0.1, 0.15) is 0 Å². The molecule has 0 bridgehead atoms. The summed E-state index contributed by atoms with van der Waals surface area (Å²) in [5.74, 6) is 15.3. The van der Waals surface area contributed by atoms with Crippen LogP contribution in [0.15, 0.2) is 12.7 Å². The Morgan fingerprint density at radius 3 is 0.692 bits per heavy atom. The molecule has 2 aliphatic carbocycles. The van der Waals surface area contributed by atoms with Crippen LogP contribution in [0.2, 0.25) is 0 Å². The third-order valence-electron chi connectivity index (χ3n) is 5.74. The summed E-state index contributed by atoms with van der Waals surface area (Å²) in [6.07, 6.45) is 1.69. The number of halogens is 1. The Morgan fingerprint density at radius 1 is 0.577 bits per heavy atom. The van der Waals surface area contributed by atoms with Crippen LogP contribution in [0.4, 0.5) is 3.09 Å². The van der Waals surface area contributed by atoms with Gasteiger partial charge in [0.15, 0.2) is 0 Å². The molecule has 2 saturated carbocycles. The number of rotatable bonds is 1. The van der Waals surface area contributed by atoms with E-state index in [2.05, 4.69) is 88.4 Å². The topological polar surface area (TPSA) is 0 Å².